The highest BCUT2D eigenvalue weighted by Crippen LogP contribution is 2.19. The number of carbonyl (C=O) groups excluding carboxylic acids is 1. The number of halogens is 3. The third kappa shape index (κ3) is 2.38. The van der Waals surface area contributed by atoms with Gasteiger partial charge in [0.1, 0.15) is 11.5 Å². The van der Waals surface area contributed by atoms with Crippen molar-refractivity contribution in [1.82, 2.24) is 0 Å². The third-order valence-corrected chi connectivity index (χ3v) is 1.45. The Labute approximate surface area is 77.7 Å². The summed E-state index contributed by atoms with van der Waals surface area (Å²) < 4.78 is 38.1. The Balaban J connectivity index is 2.91. The largest absolute Gasteiger partial charge is 0.371 e. The smallest absolute Gasteiger partial charge is 0.236 e. The first kappa shape index (κ1) is 10.4. The molecule has 1 aromatic carbocycles. The van der Waals surface area contributed by atoms with E-state index in [0.717, 1.165) is 0 Å². The monoisotopic (exact) mass is 204 g/mol. The molecular formula is C8H7F3N2O. The molecular weight excluding hydrogens is 197 g/mol. The summed E-state index contributed by atoms with van der Waals surface area (Å²) in [6.07, 6.45) is 0. The average molecular weight is 204 g/mol. The first-order valence-corrected chi connectivity index (χ1v) is 3.67. The summed E-state index contributed by atoms with van der Waals surface area (Å²) in [4.78, 5) is 10.3. The summed E-state index contributed by atoms with van der Waals surface area (Å²) in [5.41, 5.74) is 4.19. The second-order valence-electron chi connectivity index (χ2n) is 2.56. The van der Waals surface area contributed by atoms with E-state index in [4.69, 9.17) is 5.73 Å². The number of amides is 1. The lowest BCUT2D eigenvalue weighted by molar-refractivity contribution is -0.116. The van der Waals surface area contributed by atoms with Crippen molar-refractivity contribution in [3.63, 3.8) is 0 Å². The van der Waals surface area contributed by atoms with Crippen molar-refractivity contribution >= 4 is 11.6 Å². The second kappa shape index (κ2) is 3.99. The number of hydrogen-bond donors (Lipinski definition) is 2. The summed E-state index contributed by atoms with van der Waals surface area (Å²) in [7, 11) is 0. The predicted molar refractivity (Wildman–Crippen MR) is 44.0 cm³/mol. The molecule has 1 amide bonds. The van der Waals surface area contributed by atoms with Crippen LogP contribution in [0.2, 0.25) is 0 Å². The van der Waals surface area contributed by atoms with Crippen LogP contribution in [0, 0.1) is 17.5 Å². The lowest BCUT2D eigenvalue weighted by atomic mass is 10.3. The van der Waals surface area contributed by atoms with E-state index in [1.54, 1.807) is 0 Å². The van der Waals surface area contributed by atoms with Crippen LogP contribution in [-0.4, -0.2) is 12.5 Å². The lowest BCUT2D eigenvalue weighted by Gasteiger charge is -2.06. The number of rotatable bonds is 3. The zero-order valence-electron chi connectivity index (χ0n) is 6.98. The Kier molecular flexibility index (Phi) is 2.95. The van der Waals surface area contributed by atoms with Crippen LogP contribution >= 0.6 is 0 Å². The number of primary amides is 1. The highest BCUT2D eigenvalue weighted by molar-refractivity contribution is 5.78. The van der Waals surface area contributed by atoms with Crippen molar-refractivity contribution in [2.75, 3.05) is 11.9 Å². The minimum absolute atomic E-state index is 0.417. The Hall–Kier alpha value is -1.72. The SMILES string of the molecule is NC(=O)CNc1c(F)cc(F)cc1F. The molecule has 0 saturated carbocycles. The maximum atomic E-state index is 12.9. The summed E-state index contributed by atoms with van der Waals surface area (Å²) in [5, 5.41) is 2.12. The summed E-state index contributed by atoms with van der Waals surface area (Å²) in [6.45, 7) is -0.417. The number of hydrogen-bond acceptors (Lipinski definition) is 2. The van der Waals surface area contributed by atoms with Gasteiger partial charge in [-0.1, -0.05) is 0 Å². The molecule has 0 aliphatic heterocycles. The van der Waals surface area contributed by atoms with Gasteiger partial charge < -0.3 is 11.1 Å². The first-order chi connectivity index (χ1) is 6.50. The standard InChI is InChI=1S/C8H7F3N2O/c9-4-1-5(10)8(6(11)2-4)13-3-7(12)14/h1-2,13H,3H2,(H2,12,14). The molecule has 0 aliphatic rings. The Morgan fingerprint density at radius 3 is 2.21 bits per heavy atom. The molecule has 0 fully saturated rings. The first-order valence-electron chi connectivity index (χ1n) is 3.67. The van der Waals surface area contributed by atoms with Gasteiger partial charge in [-0.05, 0) is 0 Å². The zero-order valence-corrected chi connectivity index (χ0v) is 6.98. The van der Waals surface area contributed by atoms with E-state index >= 15 is 0 Å². The van der Waals surface area contributed by atoms with Gasteiger partial charge >= 0.3 is 0 Å². The van der Waals surface area contributed by atoms with Crippen LogP contribution in [0.3, 0.4) is 0 Å². The molecule has 3 N–H and O–H groups in total. The quantitative estimate of drug-likeness (QED) is 0.771. The second-order valence-corrected chi connectivity index (χ2v) is 2.56. The van der Waals surface area contributed by atoms with Gasteiger partial charge in [0, 0.05) is 12.1 Å². The van der Waals surface area contributed by atoms with Crippen LogP contribution in [0.1, 0.15) is 0 Å². The van der Waals surface area contributed by atoms with Crippen molar-refractivity contribution in [3.8, 4) is 0 Å². The van der Waals surface area contributed by atoms with E-state index < -0.39 is 35.6 Å². The van der Waals surface area contributed by atoms with Crippen LogP contribution < -0.4 is 11.1 Å². The van der Waals surface area contributed by atoms with E-state index in [1.165, 1.54) is 0 Å². The molecule has 0 spiro atoms. The van der Waals surface area contributed by atoms with Crippen LogP contribution in [0.5, 0.6) is 0 Å². The molecule has 0 radical (unpaired) electrons. The molecule has 76 valence electrons. The molecule has 0 heterocycles. The van der Waals surface area contributed by atoms with E-state index in [9.17, 15) is 18.0 Å². The molecule has 0 aromatic heterocycles. The molecule has 1 aromatic rings. The van der Waals surface area contributed by atoms with Gasteiger partial charge in [-0.3, -0.25) is 4.79 Å². The van der Waals surface area contributed by atoms with Gasteiger partial charge in [0.25, 0.3) is 0 Å². The molecule has 1 rings (SSSR count). The summed E-state index contributed by atoms with van der Waals surface area (Å²) >= 11 is 0. The third-order valence-electron chi connectivity index (χ3n) is 1.45. The number of carbonyl (C=O) groups is 1. The van der Waals surface area contributed by atoms with E-state index in [1.807, 2.05) is 0 Å². The van der Waals surface area contributed by atoms with E-state index in [-0.39, 0.29) is 0 Å². The maximum absolute atomic E-state index is 12.9. The Bertz CT molecular complexity index is 345. The zero-order chi connectivity index (χ0) is 10.7. The fraction of sp³-hybridized carbons (Fsp3) is 0.125. The molecule has 0 aliphatic carbocycles. The predicted octanol–water partition coefficient (Wildman–Crippen LogP) is 1.00. The number of anilines is 1. The van der Waals surface area contributed by atoms with E-state index in [2.05, 4.69) is 5.32 Å². The van der Waals surface area contributed by atoms with Crippen LogP contribution in [0.15, 0.2) is 12.1 Å². The molecule has 0 saturated heterocycles. The van der Waals surface area contributed by atoms with E-state index in [0.29, 0.717) is 12.1 Å². The summed E-state index contributed by atoms with van der Waals surface area (Å²) in [6, 6.07) is 1.01. The van der Waals surface area contributed by atoms with Gasteiger partial charge in [-0.25, -0.2) is 13.2 Å². The lowest BCUT2D eigenvalue weighted by Crippen LogP contribution is -2.22. The molecule has 0 unspecified atom stereocenters. The minimum atomic E-state index is -1.11. The van der Waals surface area contributed by atoms with Crippen molar-refractivity contribution in [1.29, 1.82) is 0 Å². The molecule has 3 nitrogen and oxygen atoms in total. The molecule has 0 bridgehead atoms. The number of nitrogens with one attached hydrogen (secondary N) is 1. The Morgan fingerprint density at radius 1 is 1.29 bits per heavy atom. The van der Waals surface area contributed by atoms with Crippen molar-refractivity contribution in [3.05, 3.63) is 29.6 Å². The highest BCUT2D eigenvalue weighted by Gasteiger charge is 2.11. The van der Waals surface area contributed by atoms with Crippen LogP contribution in [0.4, 0.5) is 18.9 Å². The van der Waals surface area contributed by atoms with Gasteiger partial charge in [0.15, 0.2) is 11.6 Å². The number of nitrogens with two attached hydrogens (primary N) is 1. The topological polar surface area (TPSA) is 55.1 Å². The van der Waals surface area contributed by atoms with Gasteiger partial charge in [-0.2, -0.15) is 0 Å². The van der Waals surface area contributed by atoms with Gasteiger partial charge in [0.2, 0.25) is 5.91 Å². The molecule has 14 heavy (non-hydrogen) atoms. The Morgan fingerprint density at radius 2 is 1.79 bits per heavy atom. The van der Waals surface area contributed by atoms with Gasteiger partial charge in [0.05, 0.1) is 6.54 Å². The average Bonchev–Trinajstić information content (AvgIpc) is 2.01. The molecule has 6 heteroatoms. The minimum Gasteiger partial charge on any atom is -0.371 e. The number of benzene rings is 1. The summed E-state index contributed by atoms with van der Waals surface area (Å²) in [5.74, 6) is -4.01. The fourth-order valence-electron chi connectivity index (χ4n) is 0.887. The molecule has 0 atom stereocenters. The maximum Gasteiger partial charge on any atom is 0.236 e. The van der Waals surface area contributed by atoms with Crippen molar-refractivity contribution < 1.29 is 18.0 Å². The van der Waals surface area contributed by atoms with Crippen LogP contribution in [0.25, 0.3) is 0 Å². The van der Waals surface area contributed by atoms with Crippen LogP contribution in [-0.2, 0) is 4.79 Å². The highest BCUT2D eigenvalue weighted by atomic mass is 19.1. The van der Waals surface area contributed by atoms with Crippen molar-refractivity contribution in [2.45, 2.75) is 0 Å². The van der Waals surface area contributed by atoms with Crippen molar-refractivity contribution in [2.24, 2.45) is 5.73 Å². The fourth-order valence-corrected chi connectivity index (χ4v) is 0.887. The van der Waals surface area contributed by atoms with Gasteiger partial charge in [-0.15, -0.1) is 0 Å². The normalized spacial score (nSPS) is 9.93.